The number of aliphatic imine (C=N–C) groups is 1. The SMILES string of the molecule is CN=C(NCc1ccc(OCC2CC2)nc1)NCC(C)Oc1cccc(OC)c1.I. The summed E-state index contributed by atoms with van der Waals surface area (Å²) in [4.78, 5) is 8.62. The third kappa shape index (κ3) is 8.25. The molecule has 0 aliphatic heterocycles. The number of benzene rings is 1. The number of pyridine rings is 1. The minimum Gasteiger partial charge on any atom is -0.497 e. The van der Waals surface area contributed by atoms with E-state index in [0.717, 1.165) is 29.6 Å². The second-order valence-electron chi connectivity index (χ2n) is 7.17. The van der Waals surface area contributed by atoms with E-state index in [1.807, 2.05) is 49.5 Å². The Morgan fingerprint density at radius 1 is 1.20 bits per heavy atom. The number of hydrogen-bond acceptors (Lipinski definition) is 5. The summed E-state index contributed by atoms with van der Waals surface area (Å²) in [5.74, 6) is 3.67. The first-order valence-corrected chi connectivity index (χ1v) is 9.99. The van der Waals surface area contributed by atoms with Crippen LogP contribution < -0.4 is 24.8 Å². The van der Waals surface area contributed by atoms with Gasteiger partial charge in [0, 0.05) is 31.9 Å². The first-order chi connectivity index (χ1) is 14.2. The zero-order chi connectivity index (χ0) is 20.5. The van der Waals surface area contributed by atoms with Gasteiger partial charge in [0.05, 0.1) is 20.3 Å². The first-order valence-electron chi connectivity index (χ1n) is 9.99. The molecule has 0 radical (unpaired) electrons. The van der Waals surface area contributed by atoms with Crippen LogP contribution in [0.15, 0.2) is 47.6 Å². The number of nitrogens with one attached hydrogen (secondary N) is 2. The van der Waals surface area contributed by atoms with Gasteiger partial charge in [-0.3, -0.25) is 4.99 Å². The third-order valence-electron chi connectivity index (χ3n) is 4.58. The number of guanidine groups is 1. The number of nitrogens with zero attached hydrogens (tertiary/aromatic N) is 2. The van der Waals surface area contributed by atoms with Crippen molar-refractivity contribution in [1.29, 1.82) is 0 Å². The lowest BCUT2D eigenvalue weighted by molar-refractivity contribution is 0.223. The number of hydrogen-bond donors (Lipinski definition) is 2. The molecule has 1 aliphatic carbocycles. The third-order valence-corrected chi connectivity index (χ3v) is 4.58. The molecule has 1 aliphatic rings. The maximum atomic E-state index is 5.92. The molecule has 1 atom stereocenters. The molecule has 1 fully saturated rings. The van der Waals surface area contributed by atoms with Gasteiger partial charge in [0.1, 0.15) is 17.6 Å². The second-order valence-corrected chi connectivity index (χ2v) is 7.17. The molecular formula is C22H31IN4O3. The van der Waals surface area contributed by atoms with Gasteiger partial charge in [-0.05, 0) is 43.4 Å². The molecule has 2 aromatic rings. The van der Waals surface area contributed by atoms with Crippen molar-refractivity contribution in [3.05, 3.63) is 48.2 Å². The number of aromatic nitrogens is 1. The Bertz CT molecular complexity index is 797. The largest absolute Gasteiger partial charge is 0.497 e. The Kier molecular flexibility index (Phi) is 9.99. The normalized spacial score (nSPS) is 14.3. The monoisotopic (exact) mass is 526 g/mol. The lowest BCUT2D eigenvalue weighted by Crippen LogP contribution is -2.41. The summed E-state index contributed by atoms with van der Waals surface area (Å²) in [5, 5.41) is 6.56. The predicted molar refractivity (Wildman–Crippen MR) is 129 cm³/mol. The maximum Gasteiger partial charge on any atom is 0.213 e. The van der Waals surface area contributed by atoms with Gasteiger partial charge in [0.25, 0.3) is 0 Å². The highest BCUT2D eigenvalue weighted by Gasteiger charge is 2.22. The van der Waals surface area contributed by atoms with Gasteiger partial charge in [-0.15, -0.1) is 24.0 Å². The van der Waals surface area contributed by atoms with Gasteiger partial charge in [-0.1, -0.05) is 12.1 Å². The van der Waals surface area contributed by atoms with E-state index in [0.29, 0.717) is 24.9 Å². The Morgan fingerprint density at radius 3 is 2.67 bits per heavy atom. The summed E-state index contributed by atoms with van der Waals surface area (Å²) in [6, 6.07) is 11.5. The number of ether oxygens (including phenoxy) is 3. The Hall–Kier alpha value is -2.23. The van der Waals surface area contributed by atoms with Crippen molar-refractivity contribution in [2.24, 2.45) is 10.9 Å². The molecule has 1 saturated carbocycles. The standard InChI is InChI=1S/C22H30N4O3.HI/c1-16(29-20-6-4-5-19(11-20)27-3)12-25-22(23-2)26-14-18-9-10-21(24-13-18)28-15-17-7-8-17;/h4-6,9-11,13,16-17H,7-8,12,14-15H2,1-3H3,(H2,23,25,26);1H. The highest BCUT2D eigenvalue weighted by molar-refractivity contribution is 14.0. The van der Waals surface area contributed by atoms with E-state index >= 15 is 0 Å². The van der Waals surface area contributed by atoms with Crippen LogP contribution in [0.5, 0.6) is 17.4 Å². The fraction of sp³-hybridized carbons (Fsp3) is 0.455. The maximum absolute atomic E-state index is 5.92. The van der Waals surface area contributed by atoms with Crippen molar-refractivity contribution >= 4 is 29.9 Å². The smallest absolute Gasteiger partial charge is 0.213 e. The molecule has 0 spiro atoms. The van der Waals surface area contributed by atoms with Crippen molar-refractivity contribution in [1.82, 2.24) is 15.6 Å². The van der Waals surface area contributed by atoms with E-state index in [1.165, 1.54) is 12.8 Å². The lowest BCUT2D eigenvalue weighted by Gasteiger charge is -2.18. The summed E-state index contributed by atoms with van der Waals surface area (Å²) < 4.78 is 16.8. The molecule has 1 aromatic carbocycles. The molecule has 3 rings (SSSR count). The molecular weight excluding hydrogens is 495 g/mol. The minimum absolute atomic E-state index is 0. The van der Waals surface area contributed by atoms with Gasteiger partial charge in [-0.2, -0.15) is 0 Å². The molecule has 8 heteroatoms. The minimum atomic E-state index is -0.0368. The van der Waals surface area contributed by atoms with Gasteiger partial charge < -0.3 is 24.8 Å². The topological polar surface area (TPSA) is 77.0 Å². The number of rotatable bonds is 10. The van der Waals surface area contributed by atoms with Gasteiger partial charge in [-0.25, -0.2) is 4.98 Å². The van der Waals surface area contributed by atoms with Gasteiger partial charge in [0.15, 0.2) is 5.96 Å². The van der Waals surface area contributed by atoms with Crippen LogP contribution in [0.3, 0.4) is 0 Å². The van der Waals surface area contributed by atoms with Crippen molar-refractivity contribution in [3.63, 3.8) is 0 Å². The second kappa shape index (κ2) is 12.5. The van der Waals surface area contributed by atoms with Gasteiger partial charge in [0.2, 0.25) is 5.88 Å². The van der Waals surface area contributed by atoms with Crippen molar-refractivity contribution in [2.45, 2.75) is 32.4 Å². The van der Waals surface area contributed by atoms with Crippen LogP contribution in [-0.4, -0.2) is 44.4 Å². The van der Waals surface area contributed by atoms with Crippen LogP contribution in [0.4, 0.5) is 0 Å². The van der Waals surface area contributed by atoms with Crippen molar-refractivity contribution in [2.75, 3.05) is 27.3 Å². The van der Waals surface area contributed by atoms with E-state index in [1.54, 1.807) is 14.2 Å². The van der Waals surface area contributed by atoms with E-state index in [9.17, 15) is 0 Å². The molecule has 1 unspecified atom stereocenters. The van der Waals surface area contributed by atoms with E-state index in [-0.39, 0.29) is 30.1 Å². The molecule has 164 valence electrons. The average Bonchev–Trinajstić information content (AvgIpc) is 3.58. The van der Waals surface area contributed by atoms with Crippen LogP contribution in [0.2, 0.25) is 0 Å². The summed E-state index contributed by atoms with van der Waals surface area (Å²) in [6.45, 7) is 4.02. The van der Waals surface area contributed by atoms with E-state index in [4.69, 9.17) is 14.2 Å². The predicted octanol–water partition coefficient (Wildman–Crippen LogP) is 3.63. The highest BCUT2D eigenvalue weighted by atomic mass is 127. The molecule has 2 N–H and O–H groups in total. The molecule has 0 saturated heterocycles. The van der Waals surface area contributed by atoms with Crippen LogP contribution >= 0.6 is 24.0 Å². The molecule has 1 heterocycles. The zero-order valence-electron chi connectivity index (χ0n) is 17.8. The molecule has 30 heavy (non-hydrogen) atoms. The Morgan fingerprint density at radius 2 is 2.00 bits per heavy atom. The number of methoxy groups -OCH3 is 1. The van der Waals surface area contributed by atoms with E-state index in [2.05, 4.69) is 20.6 Å². The van der Waals surface area contributed by atoms with Crippen molar-refractivity contribution < 1.29 is 14.2 Å². The summed E-state index contributed by atoms with van der Waals surface area (Å²) in [7, 11) is 3.39. The van der Waals surface area contributed by atoms with Crippen LogP contribution in [0, 0.1) is 5.92 Å². The Labute approximate surface area is 195 Å². The quantitative estimate of drug-likeness (QED) is 0.280. The molecule has 1 aromatic heterocycles. The summed E-state index contributed by atoms with van der Waals surface area (Å²) in [5.41, 5.74) is 1.06. The first kappa shape index (κ1) is 24.0. The van der Waals surface area contributed by atoms with Crippen LogP contribution in [-0.2, 0) is 6.54 Å². The molecule has 0 bridgehead atoms. The fourth-order valence-corrected chi connectivity index (χ4v) is 2.68. The van der Waals surface area contributed by atoms with Crippen LogP contribution in [0.25, 0.3) is 0 Å². The zero-order valence-corrected chi connectivity index (χ0v) is 20.1. The molecule has 0 amide bonds. The molecule has 7 nitrogen and oxygen atoms in total. The van der Waals surface area contributed by atoms with Gasteiger partial charge >= 0.3 is 0 Å². The lowest BCUT2D eigenvalue weighted by atomic mass is 10.3. The fourth-order valence-electron chi connectivity index (χ4n) is 2.68. The average molecular weight is 526 g/mol. The summed E-state index contributed by atoms with van der Waals surface area (Å²) in [6.07, 6.45) is 4.34. The van der Waals surface area contributed by atoms with Crippen LogP contribution in [0.1, 0.15) is 25.3 Å². The highest BCUT2D eigenvalue weighted by Crippen LogP contribution is 2.29. The van der Waals surface area contributed by atoms with Crippen molar-refractivity contribution in [3.8, 4) is 17.4 Å². The summed E-state index contributed by atoms with van der Waals surface area (Å²) >= 11 is 0. The van der Waals surface area contributed by atoms with E-state index < -0.39 is 0 Å². The number of halogens is 1. The Balaban J connectivity index is 0.00000320.